The van der Waals surface area contributed by atoms with Crippen LogP contribution in [0.1, 0.15) is 12.8 Å². The summed E-state index contributed by atoms with van der Waals surface area (Å²) in [4.78, 5) is 13.8. The summed E-state index contributed by atoms with van der Waals surface area (Å²) in [6, 6.07) is 0. The molecule has 0 unspecified atom stereocenters. The van der Waals surface area contributed by atoms with E-state index in [0.717, 1.165) is 26.2 Å². The van der Waals surface area contributed by atoms with E-state index in [2.05, 4.69) is 5.32 Å². The molecule has 1 amide bonds. The second-order valence-electron chi connectivity index (χ2n) is 5.23. The number of hydrogen-bond acceptors (Lipinski definition) is 2. The fraction of sp³-hybridized carbons (Fsp3) is 0.909. The van der Waals surface area contributed by atoms with Gasteiger partial charge in [-0.1, -0.05) is 0 Å². The van der Waals surface area contributed by atoms with Gasteiger partial charge in [0.2, 0.25) is 5.91 Å². The Morgan fingerprint density at radius 2 is 1.80 bits per heavy atom. The Morgan fingerprint density at radius 3 is 2.33 bits per heavy atom. The quantitative estimate of drug-likeness (QED) is 0.683. The minimum absolute atomic E-state index is 0.0686. The molecule has 1 aliphatic carbocycles. The maximum absolute atomic E-state index is 12.8. The number of rotatable bonds is 1. The minimum atomic E-state index is -0.850. The first-order chi connectivity index (χ1) is 7.24. The fourth-order valence-electron chi connectivity index (χ4n) is 2.94. The number of carbonyl (C=O) groups excluding carboxylic acids is 1. The Bertz CT molecular complexity index is 272. The third kappa shape index (κ3) is 1.75. The van der Waals surface area contributed by atoms with Gasteiger partial charge in [-0.2, -0.15) is 0 Å². The first kappa shape index (κ1) is 9.58. The zero-order valence-electron chi connectivity index (χ0n) is 8.79. The van der Waals surface area contributed by atoms with Crippen LogP contribution in [0.3, 0.4) is 0 Å². The summed E-state index contributed by atoms with van der Waals surface area (Å²) < 4.78 is 12.8. The molecule has 1 saturated carbocycles. The van der Waals surface area contributed by atoms with E-state index in [9.17, 15) is 9.18 Å². The average Bonchev–Trinajstić information content (AvgIpc) is 2.94. The second kappa shape index (κ2) is 3.44. The first-order valence-electron chi connectivity index (χ1n) is 5.87. The van der Waals surface area contributed by atoms with Gasteiger partial charge in [-0.25, -0.2) is 4.39 Å². The highest BCUT2D eigenvalue weighted by Gasteiger charge is 2.47. The molecule has 0 radical (unpaired) electrons. The predicted molar refractivity (Wildman–Crippen MR) is 54.0 cm³/mol. The smallest absolute Gasteiger partial charge is 0.228 e. The minimum Gasteiger partial charge on any atom is -0.342 e. The highest BCUT2D eigenvalue weighted by molar-refractivity contribution is 5.82. The van der Waals surface area contributed by atoms with Crippen LogP contribution in [0, 0.1) is 17.8 Å². The Kier molecular flexibility index (Phi) is 2.20. The number of nitrogens with zero attached hydrogens (tertiary/aromatic N) is 1. The monoisotopic (exact) mass is 212 g/mol. The highest BCUT2D eigenvalue weighted by Crippen LogP contribution is 2.37. The molecule has 2 bridgehead atoms. The van der Waals surface area contributed by atoms with Crippen molar-refractivity contribution in [1.29, 1.82) is 0 Å². The van der Waals surface area contributed by atoms with E-state index >= 15 is 0 Å². The van der Waals surface area contributed by atoms with Crippen LogP contribution in [0.5, 0.6) is 0 Å². The van der Waals surface area contributed by atoms with Gasteiger partial charge in [0, 0.05) is 13.1 Å². The van der Waals surface area contributed by atoms with E-state index in [1.165, 1.54) is 6.42 Å². The van der Waals surface area contributed by atoms with Gasteiger partial charge < -0.3 is 10.2 Å². The Morgan fingerprint density at radius 1 is 1.20 bits per heavy atom. The largest absolute Gasteiger partial charge is 0.342 e. The van der Waals surface area contributed by atoms with E-state index in [-0.39, 0.29) is 11.8 Å². The lowest BCUT2D eigenvalue weighted by Gasteiger charge is -2.41. The van der Waals surface area contributed by atoms with Crippen molar-refractivity contribution in [1.82, 2.24) is 10.2 Å². The molecular formula is C11H17FN2O. The van der Waals surface area contributed by atoms with Crippen LogP contribution in [-0.2, 0) is 4.79 Å². The van der Waals surface area contributed by atoms with Crippen molar-refractivity contribution in [2.45, 2.75) is 19.0 Å². The molecule has 84 valence electrons. The van der Waals surface area contributed by atoms with Crippen molar-refractivity contribution in [3.63, 3.8) is 0 Å². The Hall–Kier alpha value is -0.640. The summed E-state index contributed by atoms with van der Waals surface area (Å²) in [7, 11) is 0. The lowest BCUT2D eigenvalue weighted by atomic mass is 9.85. The van der Waals surface area contributed by atoms with Crippen LogP contribution in [0.4, 0.5) is 4.39 Å². The van der Waals surface area contributed by atoms with Crippen molar-refractivity contribution in [3.05, 3.63) is 0 Å². The van der Waals surface area contributed by atoms with Crippen molar-refractivity contribution in [2.24, 2.45) is 17.8 Å². The number of fused-ring (bicyclic) bond motifs is 2. The molecule has 3 nitrogen and oxygen atoms in total. The van der Waals surface area contributed by atoms with Crippen molar-refractivity contribution in [3.8, 4) is 0 Å². The van der Waals surface area contributed by atoms with E-state index in [4.69, 9.17) is 0 Å². The van der Waals surface area contributed by atoms with E-state index in [1.807, 2.05) is 4.90 Å². The standard InChI is InChI=1S/C11H17FN2O/c12-10-2-9(10)11(15)14-5-7-1-8(6-14)4-13-3-7/h7-10,13H,1-6H2/t7-,8+,9-,10+/m1/s1. The molecule has 0 aromatic rings. The van der Waals surface area contributed by atoms with Gasteiger partial charge in [-0.05, 0) is 37.8 Å². The number of likely N-dealkylation sites (tertiary alicyclic amines) is 1. The zero-order chi connectivity index (χ0) is 10.4. The molecule has 1 N–H and O–H groups in total. The molecular weight excluding hydrogens is 195 g/mol. The predicted octanol–water partition coefficient (Wildman–Crippen LogP) is 0.412. The summed E-state index contributed by atoms with van der Waals surface area (Å²) in [5, 5.41) is 3.39. The first-order valence-corrected chi connectivity index (χ1v) is 5.87. The Labute approximate surface area is 89.0 Å². The molecule has 4 heteroatoms. The van der Waals surface area contributed by atoms with Crippen molar-refractivity contribution >= 4 is 5.91 Å². The van der Waals surface area contributed by atoms with Gasteiger partial charge in [0.15, 0.2) is 0 Å². The molecule has 0 spiro atoms. The molecule has 0 aromatic carbocycles. The highest BCUT2D eigenvalue weighted by atomic mass is 19.1. The van der Waals surface area contributed by atoms with Crippen LogP contribution in [-0.4, -0.2) is 43.2 Å². The number of piperidine rings is 2. The maximum atomic E-state index is 12.8. The number of alkyl halides is 1. The van der Waals surface area contributed by atoms with Crippen LogP contribution in [0.25, 0.3) is 0 Å². The van der Waals surface area contributed by atoms with Gasteiger partial charge in [0.25, 0.3) is 0 Å². The van der Waals surface area contributed by atoms with Gasteiger partial charge in [-0.3, -0.25) is 4.79 Å². The molecule has 2 heterocycles. The number of amides is 1. The molecule has 3 rings (SSSR count). The molecule has 4 atom stereocenters. The fourth-order valence-corrected chi connectivity index (χ4v) is 2.94. The normalized spacial score (nSPS) is 43.9. The molecule has 0 aromatic heterocycles. The van der Waals surface area contributed by atoms with E-state index in [1.54, 1.807) is 0 Å². The zero-order valence-corrected chi connectivity index (χ0v) is 8.79. The lowest BCUT2D eigenvalue weighted by Crippen LogP contribution is -2.53. The van der Waals surface area contributed by atoms with Crippen LogP contribution < -0.4 is 5.32 Å². The molecule has 15 heavy (non-hydrogen) atoms. The lowest BCUT2D eigenvalue weighted by molar-refractivity contribution is -0.136. The van der Waals surface area contributed by atoms with Crippen LogP contribution >= 0.6 is 0 Å². The number of carbonyl (C=O) groups is 1. The van der Waals surface area contributed by atoms with Crippen molar-refractivity contribution in [2.75, 3.05) is 26.2 Å². The van der Waals surface area contributed by atoms with Gasteiger partial charge in [0.1, 0.15) is 6.17 Å². The number of nitrogens with one attached hydrogen (secondary N) is 1. The van der Waals surface area contributed by atoms with Crippen molar-refractivity contribution < 1.29 is 9.18 Å². The summed E-state index contributed by atoms with van der Waals surface area (Å²) in [5.41, 5.74) is 0. The summed E-state index contributed by atoms with van der Waals surface area (Å²) in [6.45, 7) is 3.71. The molecule has 3 fully saturated rings. The molecule has 3 aliphatic rings. The molecule has 2 saturated heterocycles. The SMILES string of the molecule is O=C([C@@H]1C[C@@H]1F)N1C[C@@H]2CNC[C@@H](C2)C1. The third-order valence-corrected chi connectivity index (χ3v) is 3.83. The van der Waals surface area contributed by atoms with Gasteiger partial charge >= 0.3 is 0 Å². The van der Waals surface area contributed by atoms with Gasteiger partial charge in [-0.15, -0.1) is 0 Å². The summed E-state index contributed by atoms with van der Waals surface area (Å²) in [5.74, 6) is 0.965. The number of halogens is 1. The van der Waals surface area contributed by atoms with Crippen LogP contribution in [0.2, 0.25) is 0 Å². The second-order valence-corrected chi connectivity index (χ2v) is 5.23. The average molecular weight is 212 g/mol. The van der Waals surface area contributed by atoms with E-state index < -0.39 is 6.17 Å². The number of hydrogen-bond donors (Lipinski definition) is 1. The topological polar surface area (TPSA) is 32.3 Å². The molecule has 2 aliphatic heterocycles. The van der Waals surface area contributed by atoms with E-state index in [0.29, 0.717) is 18.3 Å². The Balaban J connectivity index is 1.64. The van der Waals surface area contributed by atoms with Crippen LogP contribution in [0.15, 0.2) is 0 Å². The third-order valence-electron chi connectivity index (χ3n) is 3.83. The maximum Gasteiger partial charge on any atom is 0.228 e. The summed E-state index contributed by atoms with van der Waals surface area (Å²) in [6.07, 6.45) is 0.848. The van der Waals surface area contributed by atoms with Gasteiger partial charge in [0.05, 0.1) is 5.92 Å². The summed E-state index contributed by atoms with van der Waals surface area (Å²) >= 11 is 0.